The second kappa shape index (κ2) is 6.78. The molecule has 0 aromatic heterocycles. The molecule has 3 N–H and O–H groups in total. The summed E-state index contributed by atoms with van der Waals surface area (Å²) < 4.78 is 10.9. The molecule has 6 heteroatoms. The highest BCUT2D eigenvalue weighted by atomic mass is 16.6. The third-order valence-corrected chi connectivity index (χ3v) is 3.14. The van der Waals surface area contributed by atoms with Crippen molar-refractivity contribution in [3.63, 3.8) is 0 Å². The summed E-state index contributed by atoms with van der Waals surface area (Å²) in [7, 11) is 0. The van der Waals surface area contributed by atoms with Gasteiger partial charge in [-0.15, -0.1) is 0 Å². The fourth-order valence-corrected chi connectivity index (χ4v) is 1.90. The minimum atomic E-state index is -0.239. The Morgan fingerprint density at radius 3 is 2.71 bits per heavy atom. The van der Waals surface area contributed by atoms with E-state index in [1.54, 1.807) is 18.2 Å². The van der Waals surface area contributed by atoms with Gasteiger partial charge in [0.2, 0.25) is 5.91 Å². The summed E-state index contributed by atoms with van der Waals surface area (Å²) in [5.74, 6) is 1.20. The Labute approximate surface area is 124 Å². The third kappa shape index (κ3) is 4.61. The lowest BCUT2D eigenvalue weighted by molar-refractivity contribution is -0.115. The first-order chi connectivity index (χ1) is 10.00. The fraction of sp³-hybridized carbons (Fsp3) is 0.533. The van der Waals surface area contributed by atoms with Crippen LogP contribution >= 0.6 is 0 Å². The Hall–Kier alpha value is -1.79. The highest BCUT2D eigenvalue weighted by Crippen LogP contribution is 2.32. The molecule has 0 unspecified atom stereocenters. The number of hydrogen-bond donors (Lipinski definition) is 3. The van der Waals surface area contributed by atoms with Crippen LogP contribution in [0.2, 0.25) is 0 Å². The summed E-state index contributed by atoms with van der Waals surface area (Å²) >= 11 is 0. The number of fused-ring (bicyclic) bond motifs is 1. The molecule has 1 aliphatic heterocycles. The second-order valence-corrected chi connectivity index (χ2v) is 5.83. The number of hydrogen-bond acceptors (Lipinski definition) is 5. The van der Waals surface area contributed by atoms with Gasteiger partial charge in [0.1, 0.15) is 13.2 Å². The molecule has 0 saturated heterocycles. The number of benzene rings is 1. The van der Waals surface area contributed by atoms with Crippen LogP contribution in [0.15, 0.2) is 18.2 Å². The quantitative estimate of drug-likeness (QED) is 0.729. The van der Waals surface area contributed by atoms with E-state index in [9.17, 15) is 4.79 Å². The van der Waals surface area contributed by atoms with Crippen LogP contribution < -0.4 is 20.1 Å². The number of amides is 1. The van der Waals surface area contributed by atoms with Gasteiger partial charge in [-0.25, -0.2) is 0 Å². The average Bonchev–Trinajstić information content (AvgIpc) is 2.47. The van der Waals surface area contributed by atoms with E-state index in [0.29, 0.717) is 36.9 Å². The standard InChI is InChI=1S/C15H22N2O4/c1-15(2,10-18)9-16-8-14(19)17-11-3-4-12-13(7-11)21-6-5-20-12/h3-4,7,16,18H,5-6,8-10H2,1-2H3,(H,17,19). The first-order valence-electron chi connectivity index (χ1n) is 7.01. The van der Waals surface area contributed by atoms with E-state index >= 15 is 0 Å². The SMILES string of the molecule is CC(C)(CO)CNCC(=O)Nc1ccc2c(c1)OCCO2. The molecule has 0 bridgehead atoms. The van der Waals surface area contributed by atoms with E-state index in [-0.39, 0.29) is 24.5 Å². The molecule has 0 fully saturated rings. The smallest absolute Gasteiger partial charge is 0.238 e. The fourth-order valence-electron chi connectivity index (χ4n) is 1.90. The van der Waals surface area contributed by atoms with Gasteiger partial charge in [-0.05, 0) is 12.1 Å². The van der Waals surface area contributed by atoms with Crippen LogP contribution in [-0.2, 0) is 4.79 Å². The maximum atomic E-state index is 11.8. The van der Waals surface area contributed by atoms with Gasteiger partial charge in [0.25, 0.3) is 0 Å². The molecule has 0 saturated carbocycles. The largest absolute Gasteiger partial charge is 0.486 e. The van der Waals surface area contributed by atoms with Crippen LogP contribution in [-0.4, -0.2) is 43.9 Å². The maximum absolute atomic E-state index is 11.8. The Morgan fingerprint density at radius 1 is 1.29 bits per heavy atom. The number of aliphatic hydroxyl groups is 1. The molecule has 0 spiro atoms. The topological polar surface area (TPSA) is 79.8 Å². The zero-order chi connectivity index (χ0) is 15.3. The molecule has 1 heterocycles. The minimum absolute atomic E-state index is 0.0732. The van der Waals surface area contributed by atoms with Crippen molar-refractivity contribution in [1.29, 1.82) is 0 Å². The summed E-state index contributed by atoms with van der Waals surface area (Å²) in [6.45, 7) is 5.75. The first kappa shape index (κ1) is 15.6. The molecule has 1 aromatic carbocycles. The van der Waals surface area contributed by atoms with E-state index < -0.39 is 0 Å². The van der Waals surface area contributed by atoms with E-state index in [1.165, 1.54) is 0 Å². The molecule has 21 heavy (non-hydrogen) atoms. The molecule has 1 amide bonds. The Bertz CT molecular complexity index is 502. The highest BCUT2D eigenvalue weighted by molar-refractivity contribution is 5.92. The first-order valence-corrected chi connectivity index (χ1v) is 7.01. The Balaban J connectivity index is 1.83. The predicted octanol–water partition coefficient (Wildman–Crippen LogP) is 1.00. The van der Waals surface area contributed by atoms with Crippen LogP contribution in [0.4, 0.5) is 5.69 Å². The van der Waals surface area contributed by atoms with E-state index in [2.05, 4.69) is 10.6 Å². The summed E-state index contributed by atoms with van der Waals surface area (Å²) in [4.78, 5) is 11.8. The molecule has 116 valence electrons. The Kier molecular flexibility index (Phi) is 5.03. The van der Waals surface area contributed by atoms with Gasteiger partial charge in [-0.3, -0.25) is 4.79 Å². The van der Waals surface area contributed by atoms with Gasteiger partial charge in [0.05, 0.1) is 6.54 Å². The van der Waals surface area contributed by atoms with Gasteiger partial charge < -0.3 is 25.2 Å². The van der Waals surface area contributed by atoms with Crippen molar-refractivity contribution in [3.05, 3.63) is 18.2 Å². The van der Waals surface area contributed by atoms with Crippen LogP contribution in [0.3, 0.4) is 0 Å². The second-order valence-electron chi connectivity index (χ2n) is 5.83. The third-order valence-electron chi connectivity index (χ3n) is 3.14. The van der Waals surface area contributed by atoms with Crippen LogP contribution in [0, 0.1) is 5.41 Å². The number of ether oxygens (including phenoxy) is 2. The summed E-state index contributed by atoms with van der Waals surface area (Å²) in [5, 5.41) is 15.0. The summed E-state index contributed by atoms with van der Waals surface area (Å²) in [6.07, 6.45) is 0. The monoisotopic (exact) mass is 294 g/mol. The normalized spacial score (nSPS) is 13.9. The van der Waals surface area contributed by atoms with Crippen molar-refractivity contribution >= 4 is 11.6 Å². The molecule has 6 nitrogen and oxygen atoms in total. The number of carbonyl (C=O) groups excluding carboxylic acids is 1. The van der Waals surface area contributed by atoms with Crippen LogP contribution in [0.5, 0.6) is 11.5 Å². The van der Waals surface area contributed by atoms with E-state index in [1.807, 2.05) is 13.8 Å². The van der Waals surface area contributed by atoms with Crippen molar-refractivity contribution in [2.24, 2.45) is 5.41 Å². The number of rotatable bonds is 6. The molecular formula is C15H22N2O4. The van der Waals surface area contributed by atoms with Crippen molar-refractivity contribution < 1.29 is 19.4 Å². The molecule has 1 aromatic rings. The van der Waals surface area contributed by atoms with Gasteiger partial charge in [0, 0.05) is 30.3 Å². The molecule has 0 atom stereocenters. The zero-order valence-corrected chi connectivity index (χ0v) is 12.4. The number of anilines is 1. The van der Waals surface area contributed by atoms with Crippen LogP contribution in [0.25, 0.3) is 0 Å². The van der Waals surface area contributed by atoms with Gasteiger partial charge in [-0.2, -0.15) is 0 Å². The van der Waals surface area contributed by atoms with Gasteiger partial charge >= 0.3 is 0 Å². The number of aliphatic hydroxyl groups excluding tert-OH is 1. The lowest BCUT2D eigenvalue weighted by Crippen LogP contribution is -2.36. The van der Waals surface area contributed by atoms with Crippen LogP contribution in [0.1, 0.15) is 13.8 Å². The van der Waals surface area contributed by atoms with Crippen molar-refractivity contribution in [1.82, 2.24) is 5.32 Å². The zero-order valence-electron chi connectivity index (χ0n) is 12.4. The Morgan fingerprint density at radius 2 is 2.00 bits per heavy atom. The minimum Gasteiger partial charge on any atom is -0.486 e. The lowest BCUT2D eigenvalue weighted by Gasteiger charge is -2.22. The van der Waals surface area contributed by atoms with E-state index in [0.717, 1.165) is 0 Å². The molecule has 0 radical (unpaired) electrons. The predicted molar refractivity (Wildman–Crippen MR) is 79.8 cm³/mol. The van der Waals surface area contributed by atoms with E-state index in [4.69, 9.17) is 14.6 Å². The number of carbonyl (C=O) groups is 1. The number of nitrogens with one attached hydrogen (secondary N) is 2. The van der Waals surface area contributed by atoms with Gasteiger partial charge in [0.15, 0.2) is 11.5 Å². The van der Waals surface area contributed by atoms with Crippen molar-refractivity contribution in [2.45, 2.75) is 13.8 Å². The lowest BCUT2D eigenvalue weighted by atomic mass is 9.95. The molecule has 0 aliphatic carbocycles. The highest BCUT2D eigenvalue weighted by Gasteiger charge is 2.16. The summed E-state index contributed by atoms with van der Waals surface area (Å²) in [5.41, 5.74) is 0.435. The van der Waals surface area contributed by atoms with Crippen molar-refractivity contribution in [2.75, 3.05) is 38.2 Å². The molecule has 1 aliphatic rings. The maximum Gasteiger partial charge on any atom is 0.238 e. The van der Waals surface area contributed by atoms with Gasteiger partial charge in [-0.1, -0.05) is 13.8 Å². The van der Waals surface area contributed by atoms with Crippen molar-refractivity contribution in [3.8, 4) is 11.5 Å². The molecule has 2 rings (SSSR count). The summed E-state index contributed by atoms with van der Waals surface area (Å²) in [6, 6.07) is 5.32. The molecular weight excluding hydrogens is 272 g/mol. The average molecular weight is 294 g/mol.